The molecule has 0 aliphatic rings. The second-order valence-electron chi connectivity index (χ2n) is 4.30. The Labute approximate surface area is 141 Å². The molecule has 0 spiro atoms. The average Bonchev–Trinajstić information content (AvgIpc) is 2.45. The number of rotatable bonds is 4. The minimum absolute atomic E-state index is 0.253. The summed E-state index contributed by atoms with van der Waals surface area (Å²) in [4.78, 5) is 12.5. The van der Waals surface area contributed by atoms with E-state index in [1.807, 2.05) is 6.92 Å². The van der Waals surface area contributed by atoms with E-state index in [1.54, 1.807) is 36.4 Å². The summed E-state index contributed by atoms with van der Waals surface area (Å²) in [5.74, 6) is -0.253. The van der Waals surface area contributed by atoms with Crippen LogP contribution >= 0.6 is 39.1 Å². The number of carbonyl (C=O) groups is 1. The lowest BCUT2D eigenvalue weighted by Crippen LogP contribution is -2.15. The Hall–Kier alpha value is -1.23. The summed E-state index contributed by atoms with van der Waals surface area (Å²) >= 11 is 15.3. The molecule has 1 amide bonds. The minimum Gasteiger partial charge on any atom is -0.385 e. The maximum Gasteiger partial charge on any atom is 0.257 e. The summed E-state index contributed by atoms with van der Waals surface area (Å²) < 4.78 is 0.757. The summed E-state index contributed by atoms with van der Waals surface area (Å²) in [6, 6.07) is 10.4. The van der Waals surface area contributed by atoms with Crippen molar-refractivity contribution in [2.24, 2.45) is 0 Å². The van der Waals surface area contributed by atoms with Gasteiger partial charge in [-0.05, 0) is 59.3 Å². The number of carbonyl (C=O) groups excluding carboxylic acids is 1. The highest BCUT2D eigenvalue weighted by Crippen LogP contribution is 2.28. The van der Waals surface area contributed by atoms with Gasteiger partial charge in [0.25, 0.3) is 5.91 Å². The van der Waals surface area contributed by atoms with E-state index >= 15 is 0 Å². The van der Waals surface area contributed by atoms with E-state index in [-0.39, 0.29) is 5.91 Å². The number of hydrogen-bond donors (Lipinski definition) is 2. The molecule has 0 fully saturated rings. The van der Waals surface area contributed by atoms with Crippen LogP contribution in [-0.2, 0) is 0 Å². The fourth-order valence-corrected chi connectivity index (χ4v) is 2.52. The van der Waals surface area contributed by atoms with Gasteiger partial charge in [-0.2, -0.15) is 0 Å². The zero-order valence-corrected chi connectivity index (χ0v) is 14.3. The van der Waals surface area contributed by atoms with Crippen LogP contribution in [0.4, 0.5) is 11.4 Å². The zero-order valence-electron chi connectivity index (χ0n) is 11.2. The van der Waals surface area contributed by atoms with Gasteiger partial charge in [-0.1, -0.05) is 23.2 Å². The van der Waals surface area contributed by atoms with Gasteiger partial charge in [-0.3, -0.25) is 4.79 Å². The number of amides is 1. The Morgan fingerprint density at radius 1 is 1.10 bits per heavy atom. The summed E-state index contributed by atoms with van der Waals surface area (Å²) in [6.07, 6.45) is 0. The second-order valence-corrected chi connectivity index (χ2v) is 6.03. The molecule has 2 aromatic carbocycles. The van der Waals surface area contributed by atoms with Gasteiger partial charge in [0.1, 0.15) is 0 Å². The fraction of sp³-hybridized carbons (Fsp3) is 0.133. The van der Waals surface area contributed by atoms with Crippen LogP contribution in [0.2, 0.25) is 10.0 Å². The molecule has 0 unspecified atom stereocenters. The Bertz CT molecular complexity index is 677. The van der Waals surface area contributed by atoms with Crippen LogP contribution < -0.4 is 10.6 Å². The molecule has 0 aliphatic heterocycles. The normalized spacial score (nSPS) is 10.3. The van der Waals surface area contributed by atoms with Crippen molar-refractivity contribution in [2.75, 3.05) is 17.2 Å². The van der Waals surface area contributed by atoms with Crippen molar-refractivity contribution in [3.05, 3.63) is 56.5 Å². The Balaban J connectivity index is 2.31. The highest BCUT2D eigenvalue weighted by Gasteiger charge is 2.13. The number of benzene rings is 2. The third-order valence-corrected chi connectivity index (χ3v) is 3.93. The molecule has 3 nitrogen and oxygen atoms in total. The fourth-order valence-electron chi connectivity index (χ4n) is 1.83. The van der Waals surface area contributed by atoms with E-state index in [9.17, 15) is 4.79 Å². The monoisotopic (exact) mass is 386 g/mol. The summed E-state index contributed by atoms with van der Waals surface area (Å²) in [5.41, 5.74) is 1.82. The first-order valence-electron chi connectivity index (χ1n) is 6.31. The van der Waals surface area contributed by atoms with Crippen molar-refractivity contribution in [3.63, 3.8) is 0 Å². The number of anilines is 2. The lowest BCUT2D eigenvalue weighted by Gasteiger charge is -2.12. The number of hydrogen-bond acceptors (Lipinski definition) is 2. The first-order chi connectivity index (χ1) is 10.0. The number of halogens is 3. The predicted molar refractivity (Wildman–Crippen MR) is 92.7 cm³/mol. The molecule has 0 aromatic heterocycles. The lowest BCUT2D eigenvalue weighted by molar-refractivity contribution is 0.102. The van der Waals surface area contributed by atoms with Crippen LogP contribution in [-0.4, -0.2) is 12.5 Å². The van der Waals surface area contributed by atoms with E-state index in [4.69, 9.17) is 23.2 Å². The molecule has 0 saturated heterocycles. The molecular formula is C15H13BrCl2N2O. The van der Waals surface area contributed by atoms with Crippen molar-refractivity contribution < 1.29 is 4.79 Å². The highest BCUT2D eigenvalue weighted by molar-refractivity contribution is 9.10. The van der Waals surface area contributed by atoms with E-state index in [0.717, 1.165) is 10.2 Å². The van der Waals surface area contributed by atoms with E-state index in [1.165, 1.54) is 0 Å². The first kappa shape index (κ1) is 16.1. The molecule has 110 valence electrons. The van der Waals surface area contributed by atoms with Crippen molar-refractivity contribution in [1.29, 1.82) is 0 Å². The smallest absolute Gasteiger partial charge is 0.257 e. The summed E-state index contributed by atoms with van der Waals surface area (Å²) in [7, 11) is 0. The highest BCUT2D eigenvalue weighted by atomic mass is 79.9. The Kier molecular flexibility index (Phi) is 5.51. The summed E-state index contributed by atoms with van der Waals surface area (Å²) in [5, 5.41) is 7.02. The predicted octanol–water partition coefficient (Wildman–Crippen LogP) is 5.44. The Morgan fingerprint density at radius 2 is 1.76 bits per heavy atom. The SMILES string of the molecule is CCNc1ccc(Cl)cc1C(=O)Nc1cc(Cl)ccc1Br. The van der Waals surface area contributed by atoms with Crippen molar-refractivity contribution in [1.82, 2.24) is 0 Å². The standard InChI is InChI=1S/C15H13BrCl2N2O/c1-2-19-13-6-4-9(17)7-11(13)15(21)20-14-8-10(18)3-5-12(14)16/h3-8,19H,2H2,1H3,(H,20,21). The lowest BCUT2D eigenvalue weighted by atomic mass is 10.1. The van der Waals surface area contributed by atoms with Crippen molar-refractivity contribution >= 4 is 56.4 Å². The zero-order chi connectivity index (χ0) is 15.4. The van der Waals surface area contributed by atoms with Crippen LogP contribution in [0.1, 0.15) is 17.3 Å². The van der Waals surface area contributed by atoms with Gasteiger partial charge >= 0.3 is 0 Å². The molecule has 6 heteroatoms. The van der Waals surface area contributed by atoms with Gasteiger partial charge in [-0.15, -0.1) is 0 Å². The van der Waals surface area contributed by atoms with Crippen molar-refractivity contribution in [2.45, 2.75) is 6.92 Å². The quantitative estimate of drug-likeness (QED) is 0.733. The second kappa shape index (κ2) is 7.16. The Morgan fingerprint density at radius 3 is 2.48 bits per heavy atom. The molecule has 2 rings (SSSR count). The molecule has 0 heterocycles. The molecule has 2 N–H and O–H groups in total. The van der Waals surface area contributed by atoms with Crippen LogP contribution in [0, 0.1) is 0 Å². The van der Waals surface area contributed by atoms with Gasteiger partial charge in [0.2, 0.25) is 0 Å². The van der Waals surface area contributed by atoms with E-state index in [2.05, 4.69) is 26.6 Å². The van der Waals surface area contributed by atoms with Crippen LogP contribution in [0.3, 0.4) is 0 Å². The topological polar surface area (TPSA) is 41.1 Å². The summed E-state index contributed by atoms with van der Waals surface area (Å²) in [6.45, 7) is 2.67. The molecule has 21 heavy (non-hydrogen) atoms. The first-order valence-corrected chi connectivity index (χ1v) is 7.86. The van der Waals surface area contributed by atoms with Gasteiger partial charge < -0.3 is 10.6 Å². The maximum atomic E-state index is 12.5. The maximum absolute atomic E-state index is 12.5. The van der Waals surface area contributed by atoms with E-state index < -0.39 is 0 Å². The third kappa shape index (κ3) is 4.13. The largest absolute Gasteiger partial charge is 0.385 e. The van der Waals surface area contributed by atoms with Gasteiger partial charge in [0, 0.05) is 26.8 Å². The van der Waals surface area contributed by atoms with Crippen LogP contribution in [0.25, 0.3) is 0 Å². The number of nitrogens with one attached hydrogen (secondary N) is 2. The average molecular weight is 388 g/mol. The van der Waals surface area contributed by atoms with Gasteiger partial charge in [0.05, 0.1) is 11.3 Å². The van der Waals surface area contributed by atoms with Crippen LogP contribution in [0.15, 0.2) is 40.9 Å². The van der Waals surface area contributed by atoms with Crippen LogP contribution in [0.5, 0.6) is 0 Å². The molecule has 0 radical (unpaired) electrons. The third-order valence-electron chi connectivity index (χ3n) is 2.77. The van der Waals surface area contributed by atoms with E-state index in [0.29, 0.717) is 27.8 Å². The molecule has 0 atom stereocenters. The molecule has 2 aromatic rings. The molecule has 0 aliphatic carbocycles. The van der Waals surface area contributed by atoms with Gasteiger partial charge in [0.15, 0.2) is 0 Å². The molecule has 0 saturated carbocycles. The molecular weight excluding hydrogens is 375 g/mol. The minimum atomic E-state index is -0.253. The van der Waals surface area contributed by atoms with Gasteiger partial charge in [-0.25, -0.2) is 0 Å². The molecule has 0 bridgehead atoms. The van der Waals surface area contributed by atoms with Crippen molar-refractivity contribution in [3.8, 4) is 0 Å².